The van der Waals surface area contributed by atoms with E-state index in [-0.39, 0.29) is 18.0 Å². The number of hydrogen-bond donors (Lipinski definition) is 1. The van der Waals surface area contributed by atoms with Crippen LogP contribution in [0.2, 0.25) is 0 Å². The highest BCUT2D eigenvalue weighted by molar-refractivity contribution is 7.92. The van der Waals surface area contributed by atoms with Crippen molar-refractivity contribution in [3.05, 3.63) is 0 Å². The highest BCUT2D eigenvalue weighted by atomic mass is 32.2. The van der Waals surface area contributed by atoms with E-state index in [9.17, 15) is 18.0 Å². The van der Waals surface area contributed by atoms with Crippen LogP contribution in [-0.2, 0) is 19.4 Å². The number of nitrogens with one attached hydrogen (secondary N) is 1. The Kier molecular flexibility index (Phi) is 5.34. The summed E-state index contributed by atoms with van der Waals surface area (Å²) in [6, 6.07) is 0. The number of sulfone groups is 1. The molecule has 106 valence electrons. The molecule has 0 aromatic carbocycles. The van der Waals surface area contributed by atoms with Crippen molar-refractivity contribution in [2.24, 2.45) is 0 Å². The third-order valence-electron chi connectivity index (χ3n) is 2.26. The lowest BCUT2D eigenvalue weighted by molar-refractivity contribution is -0.134. The SMILES string of the molecule is CC(C(=O)N(C)CC(=O)NC(C)(C)C)S(C)(=O)=O. The van der Waals surface area contributed by atoms with Gasteiger partial charge in [0.15, 0.2) is 9.84 Å². The van der Waals surface area contributed by atoms with E-state index in [0.29, 0.717) is 0 Å². The Balaban J connectivity index is 4.56. The quantitative estimate of drug-likeness (QED) is 0.771. The molecular weight excluding hydrogens is 256 g/mol. The third-order valence-corrected chi connectivity index (χ3v) is 3.75. The number of amides is 2. The maximum absolute atomic E-state index is 11.8. The molecule has 1 atom stereocenters. The monoisotopic (exact) mass is 278 g/mol. The first kappa shape index (κ1) is 16.9. The van der Waals surface area contributed by atoms with Crippen molar-refractivity contribution in [3.63, 3.8) is 0 Å². The normalized spacial score (nSPS) is 13.9. The molecule has 7 heteroatoms. The Labute approximate surface area is 109 Å². The Morgan fingerprint density at radius 1 is 1.28 bits per heavy atom. The standard InChI is InChI=1S/C11H22N2O4S/c1-8(18(6,16)17)10(15)13(5)7-9(14)12-11(2,3)4/h8H,7H2,1-6H3,(H,12,14). The Morgan fingerprint density at radius 2 is 1.72 bits per heavy atom. The Bertz CT molecular complexity index is 423. The van der Waals surface area contributed by atoms with Crippen LogP contribution in [0, 0.1) is 0 Å². The van der Waals surface area contributed by atoms with Crippen LogP contribution >= 0.6 is 0 Å². The molecule has 0 bridgehead atoms. The van der Waals surface area contributed by atoms with Gasteiger partial charge in [0.1, 0.15) is 5.25 Å². The van der Waals surface area contributed by atoms with Gasteiger partial charge in [-0.3, -0.25) is 9.59 Å². The maximum Gasteiger partial charge on any atom is 0.240 e. The zero-order valence-electron chi connectivity index (χ0n) is 11.8. The first-order valence-electron chi connectivity index (χ1n) is 5.59. The average molecular weight is 278 g/mol. The van der Waals surface area contributed by atoms with Crippen LogP contribution in [0.15, 0.2) is 0 Å². The van der Waals surface area contributed by atoms with Gasteiger partial charge in [0.05, 0.1) is 6.54 Å². The summed E-state index contributed by atoms with van der Waals surface area (Å²) in [5.41, 5.74) is -0.385. The van der Waals surface area contributed by atoms with Crippen LogP contribution in [0.25, 0.3) is 0 Å². The molecule has 0 radical (unpaired) electrons. The lowest BCUT2D eigenvalue weighted by Gasteiger charge is -2.24. The minimum Gasteiger partial charge on any atom is -0.350 e. The van der Waals surface area contributed by atoms with Crippen LogP contribution in [0.5, 0.6) is 0 Å². The van der Waals surface area contributed by atoms with E-state index < -0.39 is 21.0 Å². The highest BCUT2D eigenvalue weighted by Gasteiger charge is 2.27. The number of rotatable bonds is 4. The molecule has 0 saturated heterocycles. The number of hydrogen-bond acceptors (Lipinski definition) is 4. The molecule has 0 rings (SSSR count). The maximum atomic E-state index is 11.8. The van der Waals surface area contributed by atoms with Gasteiger partial charge in [0.2, 0.25) is 11.8 Å². The van der Waals surface area contributed by atoms with Crippen LogP contribution < -0.4 is 5.32 Å². The van der Waals surface area contributed by atoms with Crippen molar-refractivity contribution in [3.8, 4) is 0 Å². The molecule has 2 amide bonds. The number of carbonyl (C=O) groups is 2. The van der Waals surface area contributed by atoms with E-state index in [0.717, 1.165) is 11.2 Å². The van der Waals surface area contributed by atoms with Gasteiger partial charge < -0.3 is 10.2 Å². The summed E-state index contributed by atoms with van der Waals surface area (Å²) < 4.78 is 22.5. The second kappa shape index (κ2) is 5.69. The fourth-order valence-electron chi connectivity index (χ4n) is 1.24. The molecule has 0 fully saturated rings. The summed E-state index contributed by atoms with van der Waals surface area (Å²) >= 11 is 0. The molecule has 0 aromatic rings. The van der Waals surface area contributed by atoms with Crippen molar-refractivity contribution in [1.29, 1.82) is 0 Å². The topological polar surface area (TPSA) is 83.6 Å². The lowest BCUT2D eigenvalue weighted by Crippen LogP contribution is -2.48. The smallest absolute Gasteiger partial charge is 0.240 e. The van der Waals surface area contributed by atoms with Gasteiger partial charge in [-0.1, -0.05) is 0 Å². The van der Waals surface area contributed by atoms with E-state index >= 15 is 0 Å². The molecule has 6 nitrogen and oxygen atoms in total. The summed E-state index contributed by atoms with van der Waals surface area (Å²) in [6.45, 7) is 6.63. The van der Waals surface area contributed by atoms with Crippen molar-refractivity contribution >= 4 is 21.7 Å². The molecule has 0 heterocycles. The molecule has 0 aliphatic rings. The third kappa shape index (κ3) is 6.00. The molecule has 0 saturated carbocycles. The first-order chi connectivity index (χ1) is 7.84. The Hall–Kier alpha value is -1.11. The minimum atomic E-state index is -3.44. The van der Waals surface area contributed by atoms with Gasteiger partial charge >= 0.3 is 0 Å². The van der Waals surface area contributed by atoms with Crippen molar-refractivity contribution in [1.82, 2.24) is 10.2 Å². The number of carbonyl (C=O) groups excluding carboxylic acids is 2. The van der Waals surface area contributed by atoms with Crippen molar-refractivity contribution in [2.75, 3.05) is 19.8 Å². The van der Waals surface area contributed by atoms with Gasteiger partial charge in [-0.05, 0) is 27.7 Å². The molecule has 1 unspecified atom stereocenters. The molecule has 0 aliphatic heterocycles. The van der Waals surface area contributed by atoms with Gasteiger partial charge in [0.25, 0.3) is 0 Å². The highest BCUT2D eigenvalue weighted by Crippen LogP contribution is 2.03. The van der Waals surface area contributed by atoms with Gasteiger partial charge in [-0.25, -0.2) is 8.42 Å². The summed E-state index contributed by atoms with van der Waals surface area (Å²) in [5, 5.41) is 1.57. The van der Waals surface area contributed by atoms with Gasteiger partial charge in [-0.2, -0.15) is 0 Å². The van der Waals surface area contributed by atoms with Crippen molar-refractivity contribution < 1.29 is 18.0 Å². The van der Waals surface area contributed by atoms with Gasteiger partial charge in [0, 0.05) is 18.8 Å². The van der Waals surface area contributed by atoms with Crippen LogP contribution in [0.4, 0.5) is 0 Å². The fourth-order valence-corrected chi connectivity index (χ4v) is 1.79. The first-order valence-corrected chi connectivity index (χ1v) is 7.55. The molecular formula is C11H22N2O4S. The van der Waals surface area contributed by atoms with E-state index in [2.05, 4.69) is 5.32 Å². The Morgan fingerprint density at radius 3 is 2.06 bits per heavy atom. The average Bonchev–Trinajstić information content (AvgIpc) is 2.10. The molecule has 0 spiro atoms. The van der Waals surface area contributed by atoms with Crippen molar-refractivity contribution in [2.45, 2.75) is 38.5 Å². The molecule has 1 N–H and O–H groups in total. The predicted molar refractivity (Wildman–Crippen MR) is 69.8 cm³/mol. The second-order valence-corrected chi connectivity index (χ2v) is 7.83. The lowest BCUT2D eigenvalue weighted by atomic mass is 10.1. The summed E-state index contributed by atoms with van der Waals surface area (Å²) in [5.74, 6) is -0.902. The van der Waals surface area contributed by atoms with Gasteiger partial charge in [-0.15, -0.1) is 0 Å². The minimum absolute atomic E-state index is 0.157. The summed E-state index contributed by atoms with van der Waals surface area (Å²) in [7, 11) is -2.03. The van der Waals surface area contributed by atoms with E-state index in [1.165, 1.54) is 14.0 Å². The van der Waals surface area contributed by atoms with E-state index in [1.54, 1.807) is 0 Å². The number of nitrogens with zero attached hydrogens (tertiary/aromatic N) is 1. The summed E-state index contributed by atoms with van der Waals surface area (Å²) in [4.78, 5) is 24.5. The fraction of sp³-hybridized carbons (Fsp3) is 0.818. The van der Waals surface area contributed by atoms with Crippen LogP contribution in [-0.4, -0.2) is 55.8 Å². The molecule has 18 heavy (non-hydrogen) atoms. The van der Waals surface area contributed by atoms with Crippen LogP contribution in [0.1, 0.15) is 27.7 Å². The molecule has 0 aromatic heterocycles. The largest absolute Gasteiger partial charge is 0.350 e. The van der Waals surface area contributed by atoms with Crippen LogP contribution in [0.3, 0.4) is 0 Å². The second-order valence-electron chi connectivity index (χ2n) is 5.46. The molecule has 0 aliphatic carbocycles. The van der Waals surface area contributed by atoms with E-state index in [1.807, 2.05) is 20.8 Å². The van der Waals surface area contributed by atoms with E-state index in [4.69, 9.17) is 0 Å². The summed E-state index contributed by atoms with van der Waals surface area (Å²) in [6.07, 6.45) is 0.999. The zero-order valence-corrected chi connectivity index (χ0v) is 12.6. The predicted octanol–water partition coefficient (Wildman–Crippen LogP) is -0.207. The zero-order chi connectivity index (χ0) is 14.7. The number of likely N-dealkylation sites (N-methyl/N-ethyl adjacent to an activating group) is 1.